The molecule has 0 aliphatic carbocycles. The lowest BCUT2D eigenvalue weighted by Gasteiger charge is -2.18. The summed E-state index contributed by atoms with van der Waals surface area (Å²) in [5, 5.41) is 0. The summed E-state index contributed by atoms with van der Waals surface area (Å²) in [6.07, 6.45) is 4.12. The first-order chi connectivity index (χ1) is 7.44. The third-order valence-corrected chi connectivity index (χ3v) is 1.93. The Morgan fingerprint density at radius 3 is 2.81 bits per heavy atom. The minimum Gasteiger partial charge on any atom is -0.472 e. The summed E-state index contributed by atoms with van der Waals surface area (Å²) >= 11 is 0. The van der Waals surface area contributed by atoms with Gasteiger partial charge in [0.1, 0.15) is 6.61 Å². The number of nitrogens with zero attached hydrogens (tertiary/aromatic N) is 2. The van der Waals surface area contributed by atoms with Crippen LogP contribution in [0.1, 0.15) is 27.2 Å². The van der Waals surface area contributed by atoms with Crippen molar-refractivity contribution in [2.75, 3.05) is 6.61 Å². The molecule has 1 aromatic heterocycles. The maximum absolute atomic E-state index is 11.8. The quantitative estimate of drug-likeness (QED) is 0.803. The van der Waals surface area contributed by atoms with E-state index in [-0.39, 0.29) is 18.0 Å². The fourth-order valence-corrected chi connectivity index (χ4v) is 1.20. The Labute approximate surface area is 95.3 Å². The monoisotopic (exact) mass is 225 g/mol. The normalized spacial score (nSPS) is 11.5. The van der Waals surface area contributed by atoms with Gasteiger partial charge >= 0.3 is 5.56 Å². The molecule has 0 bridgehead atoms. The first-order valence-corrected chi connectivity index (χ1v) is 5.41. The van der Waals surface area contributed by atoms with Crippen LogP contribution >= 0.6 is 0 Å². The number of hydrogen-bond acceptors (Lipinski definition) is 4. The Bertz CT molecular complexity index is 393. The first-order valence-electron chi connectivity index (χ1n) is 5.41. The van der Waals surface area contributed by atoms with Crippen molar-refractivity contribution in [3.8, 4) is 5.88 Å². The predicted molar refractivity (Wildman–Crippen MR) is 62.5 cm³/mol. The zero-order valence-electron chi connectivity index (χ0n) is 10.1. The molecule has 0 atom stereocenters. The lowest BCUT2D eigenvalue weighted by molar-refractivity contribution is 0.230. The van der Waals surface area contributed by atoms with Gasteiger partial charge in [-0.1, -0.05) is 6.92 Å². The molecule has 0 radical (unpaired) electrons. The van der Waals surface area contributed by atoms with Gasteiger partial charge in [0, 0.05) is 24.5 Å². The molecule has 5 heteroatoms. The van der Waals surface area contributed by atoms with E-state index in [0.717, 1.165) is 6.42 Å². The Morgan fingerprint density at radius 1 is 1.56 bits per heavy atom. The first kappa shape index (κ1) is 12.7. The lowest BCUT2D eigenvalue weighted by Crippen LogP contribution is -2.39. The van der Waals surface area contributed by atoms with Crippen LogP contribution in [0.15, 0.2) is 17.2 Å². The van der Waals surface area contributed by atoms with E-state index in [1.807, 2.05) is 20.8 Å². The Balaban J connectivity index is 2.81. The molecule has 1 aromatic rings. The van der Waals surface area contributed by atoms with E-state index in [1.165, 1.54) is 0 Å². The van der Waals surface area contributed by atoms with Gasteiger partial charge in [0.05, 0.1) is 0 Å². The number of ether oxygens (including phenoxy) is 1. The van der Waals surface area contributed by atoms with Gasteiger partial charge in [0.2, 0.25) is 0 Å². The standard InChI is InChI=1S/C11H19N3O2/c1-4-6-14-7-5-13-9(10(14)15)16-8-11(2,3)12/h5,7H,4,6,8,12H2,1-3H3. The van der Waals surface area contributed by atoms with Gasteiger partial charge in [-0.05, 0) is 20.3 Å². The van der Waals surface area contributed by atoms with Gasteiger partial charge in [-0.3, -0.25) is 4.79 Å². The van der Waals surface area contributed by atoms with Gasteiger partial charge in [-0.15, -0.1) is 0 Å². The maximum Gasteiger partial charge on any atom is 0.313 e. The van der Waals surface area contributed by atoms with Crippen molar-refractivity contribution in [2.24, 2.45) is 5.73 Å². The van der Waals surface area contributed by atoms with Crippen LogP contribution in [0.4, 0.5) is 0 Å². The molecule has 0 amide bonds. The van der Waals surface area contributed by atoms with Crippen molar-refractivity contribution >= 4 is 0 Å². The molecule has 5 nitrogen and oxygen atoms in total. The number of nitrogens with two attached hydrogens (primary N) is 1. The van der Waals surface area contributed by atoms with E-state index >= 15 is 0 Å². The summed E-state index contributed by atoms with van der Waals surface area (Å²) in [5.74, 6) is 0.120. The average molecular weight is 225 g/mol. The molecule has 2 N–H and O–H groups in total. The summed E-state index contributed by atoms with van der Waals surface area (Å²) in [6.45, 7) is 6.62. The minimum atomic E-state index is -0.473. The fraction of sp³-hybridized carbons (Fsp3) is 0.636. The molecule has 16 heavy (non-hydrogen) atoms. The second-order valence-corrected chi connectivity index (χ2v) is 4.51. The van der Waals surface area contributed by atoms with Crippen LogP contribution in [-0.2, 0) is 6.54 Å². The Morgan fingerprint density at radius 2 is 2.25 bits per heavy atom. The zero-order valence-corrected chi connectivity index (χ0v) is 10.1. The van der Waals surface area contributed by atoms with E-state index in [1.54, 1.807) is 17.0 Å². The van der Waals surface area contributed by atoms with E-state index < -0.39 is 5.54 Å². The molecule has 0 aliphatic rings. The lowest BCUT2D eigenvalue weighted by atomic mass is 10.1. The van der Waals surface area contributed by atoms with E-state index in [0.29, 0.717) is 6.54 Å². The molecular formula is C11H19N3O2. The van der Waals surface area contributed by atoms with Gasteiger partial charge in [-0.2, -0.15) is 0 Å². The number of aryl methyl sites for hydroxylation is 1. The van der Waals surface area contributed by atoms with Crippen LogP contribution in [0.2, 0.25) is 0 Å². The van der Waals surface area contributed by atoms with Crippen molar-refractivity contribution < 1.29 is 4.74 Å². The highest BCUT2D eigenvalue weighted by Gasteiger charge is 2.14. The molecule has 90 valence electrons. The largest absolute Gasteiger partial charge is 0.472 e. The number of aromatic nitrogens is 2. The van der Waals surface area contributed by atoms with Crippen molar-refractivity contribution in [3.63, 3.8) is 0 Å². The minimum absolute atomic E-state index is 0.120. The van der Waals surface area contributed by atoms with E-state index in [9.17, 15) is 4.79 Å². The second kappa shape index (κ2) is 5.12. The predicted octanol–water partition coefficient (Wildman–Crippen LogP) is 0.769. The number of hydrogen-bond donors (Lipinski definition) is 1. The molecule has 0 saturated carbocycles. The summed E-state index contributed by atoms with van der Waals surface area (Å²) in [4.78, 5) is 15.7. The topological polar surface area (TPSA) is 70.1 Å². The summed E-state index contributed by atoms with van der Waals surface area (Å²) in [6, 6.07) is 0. The van der Waals surface area contributed by atoms with Crippen molar-refractivity contribution in [3.05, 3.63) is 22.7 Å². The average Bonchev–Trinajstić information content (AvgIpc) is 2.18. The van der Waals surface area contributed by atoms with Gasteiger partial charge in [-0.25, -0.2) is 4.98 Å². The van der Waals surface area contributed by atoms with Gasteiger partial charge in [0.15, 0.2) is 0 Å². The highest BCUT2D eigenvalue weighted by molar-refractivity contribution is 5.04. The number of rotatable bonds is 5. The molecular weight excluding hydrogens is 206 g/mol. The Hall–Kier alpha value is -1.36. The fourth-order valence-electron chi connectivity index (χ4n) is 1.20. The molecule has 1 heterocycles. The van der Waals surface area contributed by atoms with Crippen LogP contribution < -0.4 is 16.0 Å². The highest BCUT2D eigenvalue weighted by Crippen LogP contribution is 2.02. The molecule has 0 aliphatic heterocycles. The van der Waals surface area contributed by atoms with Crippen molar-refractivity contribution in [2.45, 2.75) is 39.3 Å². The van der Waals surface area contributed by atoms with Gasteiger partial charge < -0.3 is 15.0 Å². The zero-order chi connectivity index (χ0) is 12.2. The van der Waals surface area contributed by atoms with Crippen LogP contribution in [0, 0.1) is 0 Å². The summed E-state index contributed by atoms with van der Waals surface area (Å²) < 4.78 is 6.91. The third kappa shape index (κ3) is 3.66. The molecule has 0 unspecified atom stereocenters. The van der Waals surface area contributed by atoms with Crippen LogP contribution in [0.5, 0.6) is 5.88 Å². The van der Waals surface area contributed by atoms with Gasteiger partial charge in [0.25, 0.3) is 5.88 Å². The highest BCUT2D eigenvalue weighted by atomic mass is 16.5. The molecule has 1 rings (SSSR count). The van der Waals surface area contributed by atoms with Crippen molar-refractivity contribution in [1.82, 2.24) is 9.55 Å². The molecule has 0 fully saturated rings. The second-order valence-electron chi connectivity index (χ2n) is 4.51. The SMILES string of the molecule is CCCn1ccnc(OCC(C)(C)N)c1=O. The summed E-state index contributed by atoms with van der Waals surface area (Å²) in [7, 11) is 0. The molecule has 0 spiro atoms. The smallest absolute Gasteiger partial charge is 0.313 e. The Kier molecular flexibility index (Phi) is 4.06. The van der Waals surface area contributed by atoms with Crippen LogP contribution in [-0.4, -0.2) is 21.7 Å². The van der Waals surface area contributed by atoms with Crippen LogP contribution in [0.3, 0.4) is 0 Å². The summed E-state index contributed by atoms with van der Waals surface area (Å²) in [5.41, 5.74) is 5.10. The van der Waals surface area contributed by atoms with E-state index in [2.05, 4.69) is 4.98 Å². The maximum atomic E-state index is 11.8. The van der Waals surface area contributed by atoms with E-state index in [4.69, 9.17) is 10.5 Å². The van der Waals surface area contributed by atoms with Crippen molar-refractivity contribution in [1.29, 1.82) is 0 Å². The third-order valence-electron chi connectivity index (χ3n) is 1.93. The van der Waals surface area contributed by atoms with Crippen LogP contribution in [0.25, 0.3) is 0 Å². The molecule has 0 aromatic carbocycles. The molecule has 0 saturated heterocycles.